The molecule has 2 saturated heterocycles. The van der Waals surface area contributed by atoms with Gasteiger partial charge < -0.3 is 10.7 Å². The maximum Gasteiger partial charge on any atom is 0.250 e. The zero-order chi connectivity index (χ0) is 27.2. The molecule has 8 nitrogen and oxygen atoms in total. The minimum Gasteiger partial charge on any atom is -0.366 e. The molecular weight excluding hydrogens is 541 g/mol. The van der Waals surface area contributed by atoms with E-state index in [4.69, 9.17) is 5.73 Å². The number of rotatable bonds is 8. The lowest BCUT2D eigenvalue weighted by molar-refractivity contribution is 0.100. The Morgan fingerprint density at radius 2 is 1.97 bits per heavy atom. The van der Waals surface area contributed by atoms with Gasteiger partial charge in [0.2, 0.25) is 10.0 Å². The number of aromatic amines is 1. The molecule has 2 atom stereocenters. The first kappa shape index (κ1) is 27.4. The second kappa shape index (κ2) is 10.4. The maximum atomic E-state index is 12.4. The van der Waals surface area contributed by atoms with Gasteiger partial charge in [0, 0.05) is 53.6 Å². The Kier molecular flexibility index (Phi) is 7.51. The van der Waals surface area contributed by atoms with E-state index >= 15 is 0 Å². The summed E-state index contributed by atoms with van der Waals surface area (Å²) in [5, 5.41) is 3.07. The van der Waals surface area contributed by atoms with Crippen molar-refractivity contribution in [3.8, 4) is 11.1 Å². The van der Waals surface area contributed by atoms with Crippen LogP contribution in [0.15, 0.2) is 29.8 Å². The van der Waals surface area contributed by atoms with Gasteiger partial charge in [0.1, 0.15) is 0 Å². The first-order chi connectivity index (χ1) is 18.0. The number of H-pyrrole nitrogens is 1. The molecule has 2 aromatic heterocycles. The molecule has 0 aliphatic carbocycles. The standard InChI is InChI=1S/C27H36N4O4S3/c1-4-38(34,35)31-8-5-18(6-9-31)25-14-29-26-23(25)12-19(13-24(26)27(28)32)20-11-22(36-16-20)15-30(2)21-7-10-37(3,33)17-21/h11-14,16,18,21,29H,3-10,15,17H2,1-2H3,(H2,28,32). The van der Waals surface area contributed by atoms with Crippen LogP contribution >= 0.6 is 11.3 Å². The second-order valence-electron chi connectivity index (χ2n) is 10.6. The highest BCUT2D eigenvalue weighted by Crippen LogP contribution is 2.38. The van der Waals surface area contributed by atoms with Gasteiger partial charge in [0.05, 0.1) is 16.8 Å². The highest BCUT2D eigenvalue weighted by atomic mass is 32.2. The van der Waals surface area contributed by atoms with Crippen LogP contribution in [0.25, 0.3) is 22.0 Å². The number of nitrogens with zero attached hydrogens (tertiary/aromatic N) is 2. The maximum absolute atomic E-state index is 12.4. The van der Waals surface area contributed by atoms with Crippen molar-refractivity contribution < 1.29 is 17.4 Å². The molecule has 3 N–H and O–H groups in total. The lowest BCUT2D eigenvalue weighted by Gasteiger charge is -2.31. The number of nitrogens with two attached hydrogens (primary N) is 1. The summed E-state index contributed by atoms with van der Waals surface area (Å²) < 4.78 is 38.5. The van der Waals surface area contributed by atoms with E-state index in [0.717, 1.165) is 53.4 Å². The number of carbonyl (C=O) groups is 1. The Labute approximate surface area is 229 Å². The van der Waals surface area contributed by atoms with E-state index in [0.29, 0.717) is 30.2 Å². The third-order valence-electron chi connectivity index (χ3n) is 8.07. The van der Waals surface area contributed by atoms with Gasteiger partial charge in [0.25, 0.3) is 5.91 Å². The molecule has 4 heterocycles. The van der Waals surface area contributed by atoms with Crippen LogP contribution in [0.5, 0.6) is 0 Å². The summed E-state index contributed by atoms with van der Waals surface area (Å²) in [6.07, 6.45) is 4.33. The number of hydrogen-bond donors (Lipinski definition) is 2. The summed E-state index contributed by atoms with van der Waals surface area (Å²) in [7, 11) is -3.06. The first-order valence-electron chi connectivity index (χ1n) is 13.0. The number of benzene rings is 1. The molecule has 206 valence electrons. The topological polar surface area (TPSA) is 117 Å². The summed E-state index contributed by atoms with van der Waals surface area (Å²) in [6, 6.07) is 6.41. The smallest absolute Gasteiger partial charge is 0.250 e. The average molecular weight is 577 g/mol. The SMILES string of the molecule is C=S1(=O)CCC(N(C)Cc2cc(-c3cc(C(N)=O)c4[nH]cc(C5CCN(S(=O)(=O)CC)CC5)c4c3)cs2)C1. The van der Waals surface area contributed by atoms with Crippen LogP contribution in [-0.4, -0.2) is 82.0 Å². The Morgan fingerprint density at radius 3 is 2.61 bits per heavy atom. The molecule has 1 amide bonds. The van der Waals surface area contributed by atoms with E-state index in [2.05, 4.69) is 40.3 Å². The lowest BCUT2D eigenvalue weighted by atomic mass is 9.88. The van der Waals surface area contributed by atoms with Gasteiger partial charge in [-0.25, -0.2) is 12.7 Å². The number of thiophene rings is 1. The molecular formula is C27H36N4O4S3. The van der Waals surface area contributed by atoms with Gasteiger partial charge in [-0.3, -0.25) is 13.9 Å². The third-order valence-corrected chi connectivity index (χ3v) is 12.8. The number of primary amides is 1. The summed E-state index contributed by atoms with van der Waals surface area (Å²) in [6.45, 7) is 3.45. The predicted octanol–water partition coefficient (Wildman–Crippen LogP) is 3.44. The average Bonchev–Trinajstić information content (AvgIpc) is 3.61. The fourth-order valence-electron chi connectivity index (χ4n) is 5.78. The molecule has 38 heavy (non-hydrogen) atoms. The van der Waals surface area contributed by atoms with E-state index in [-0.39, 0.29) is 17.7 Å². The number of nitrogens with one attached hydrogen (secondary N) is 1. The largest absolute Gasteiger partial charge is 0.366 e. The van der Waals surface area contributed by atoms with Crippen LogP contribution in [0.4, 0.5) is 0 Å². The molecule has 2 unspecified atom stereocenters. The minimum absolute atomic E-state index is 0.116. The van der Waals surface area contributed by atoms with Gasteiger partial charge in [-0.1, -0.05) is 0 Å². The van der Waals surface area contributed by atoms with Gasteiger partial charge in [-0.05, 0) is 94.8 Å². The van der Waals surface area contributed by atoms with Crippen LogP contribution < -0.4 is 5.73 Å². The molecule has 2 aliphatic rings. The fourth-order valence-corrected chi connectivity index (χ4v) is 9.86. The molecule has 0 radical (unpaired) electrons. The van der Waals surface area contributed by atoms with Gasteiger partial charge in [0.15, 0.2) is 0 Å². The number of aromatic nitrogens is 1. The summed E-state index contributed by atoms with van der Waals surface area (Å²) in [4.78, 5) is 19.2. The van der Waals surface area contributed by atoms with Gasteiger partial charge in [-0.2, -0.15) is 0 Å². The first-order valence-corrected chi connectivity index (χ1v) is 17.6. The van der Waals surface area contributed by atoms with E-state index in [1.54, 1.807) is 22.6 Å². The third kappa shape index (κ3) is 5.44. The van der Waals surface area contributed by atoms with Crippen molar-refractivity contribution in [2.75, 3.05) is 37.4 Å². The van der Waals surface area contributed by atoms with Crippen molar-refractivity contribution in [1.82, 2.24) is 14.2 Å². The number of hydrogen-bond acceptors (Lipinski definition) is 6. The van der Waals surface area contributed by atoms with Gasteiger partial charge >= 0.3 is 0 Å². The van der Waals surface area contributed by atoms with Crippen molar-refractivity contribution in [3.63, 3.8) is 0 Å². The molecule has 11 heteroatoms. The van der Waals surface area contributed by atoms with Crippen LogP contribution in [-0.2, 0) is 26.1 Å². The van der Waals surface area contributed by atoms with E-state index < -0.39 is 25.5 Å². The van der Waals surface area contributed by atoms with Crippen molar-refractivity contribution in [3.05, 3.63) is 45.8 Å². The highest BCUT2D eigenvalue weighted by Gasteiger charge is 2.30. The van der Waals surface area contributed by atoms with E-state index in [1.165, 1.54) is 4.88 Å². The molecule has 5 rings (SSSR count). The van der Waals surface area contributed by atoms with Crippen molar-refractivity contribution >= 4 is 53.6 Å². The van der Waals surface area contributed by atoms with Crippen LogP contribution in [0.3, 0.4) is 0 Å². The monoisotopic (exact) mass is 576 g/mol. The van der Waals surface area contributed by atoms with Crippen molar-refractivity contribution in [1.29, 1.82) is 0 Å². The van der Waals surface area contributed by atoms with Crippen molar-refractivity contribution in [2.24, 2.45) is 5.73 Å². The molecule has 0 bridgehead atoms. The number of sulfonamides is 1. The predicted molar refractivity (Wildman–Crippen MR) is 158 cm³/mol. The number of carbonyl (C=O) groups excluding carboxylic acids is 1. The van der Waals surface area contributed by atoms with Gasteiger partial charge in [-0.15, -0.1) is 11.3 Å². The van der Waals surface area contributed by atoms with Crippen molar-refractivity contribution in [2.45, 2.75) is 44.7 Å². The summed E-state index contributed by atoms with van der Waals surface area (Å²) in [5.74, 6) is 5.07. The Morgan fingerprint density at radius 1 is 1.24 bits per heavy atom. The highest BCUT2D eigenvalue weighted by molar-refractivity contribution is 8.00. The van der Waals surface area contributed by atoms with Crippen LogP contribution in [0, 0.1) is 0 Å². The normalized spacial score (nSPS) is 23.5. The molecule has 0 spiro atoms. The molecule has 2 aliphatic heterocycles. The fraction of sp³-hybridized carbons (Fsp3) is 0.481. The Balaban J connectivity index is 1.41. The number of fused-ring (bicyclic) bond motifs is 1. The molecule has 2 fully saturated rings. The molecule has 1 aromatic carbocycles. The summed E-state index contributed by atoms with van der Waals surface area (Å²) >= 11 is 1.67. The zero-order valence-electron chi connectivity index (χ0n) is 21.9. The lowest BCUT2D eigenvalue weighted by Crippen LogP contribution is -2.38. The van der Waals surface area contributed by atoms with E-state index in [9.17, 15) is 17.4 Å². The van der Waals surface area contributed by atoms with Crippen LogP contribution in [0.2, 0.25) is 0 Å². The molecule has 3 aromatic rings. The molecule has 0 saturated carbocycles. The quantitative estimate of drug-likeness (QED) is 0.399. The number of amides is 1. The minimum atomic E-state index is -3.19. The Bertz CT molecular complexity index is 1560. The number of piperidine rings is 1. The van der Waals surface area contributed by atoms with E-state index in [1.807, 2.05) is 12.3 Å². The van der Waals surface area contributed by atoms with Crippen LogP contribution in [0.1, 0.15) is 52.9 Å². The zero-order valence-corrected chi connectivity index (χ0v) is 24.4. The Hall–Kier alpha value is -2.18. The summed E-state index contributed by atoms with van der Waals surface area (Å²) in [5.41, 5.74) is 10.0. The second-order valence-corrected chi connectivity index (χ2v) is 16.6.